The number of fused-ring (bicyclic) bond motifs is 1. The highest BCUT2D eigenvalue weighted by molar-refractivity contribution is 5.85. The molecule has 0 spiro atoms. The van der Waals surface area contributed by atoms with E-state index in [1.54, 1.807) is 0 Å². The van der Waals surface area contributed by atoms with Gasteiger partial charge in [0.25, 0.3) is 0 Å². The van der Waals surface area contributed by atoms with E-state index < -0.39 is 0 Å². The van der Waals surface area contributed by atoms with E-state index in [-0.39, 0.29) is 0 Å². The lowest BCUT2D eigenvalue weighted by Gasteiger charge is -2.04. The highest BCUT2D eigenvalue weighted by Crippen LogP contribution is 2.24. The Morgan fingerprint density at radius 1 is 0.941 bits per heavy atom. The minimum absolute atomic E-state index is 0.569. The average molecular weight is 222 g/mol. The van der Waals surface area contributed by atoms with E-state index in [9.17, 15) is 0 Å². The molecule has 1 aromatic heterocycles. The zero-order valence-corrected chi connectivity index (χ0v) is 9.31. The van der Waals surface area contributed by atoms with Crippen molar-refractivity contribution in [3.05, 3.63) is 66.4 Å². The maximum Gasteiger partial charge on any atom is 0.154 e. The van der Waals surface area contributed by atoms with E-state index in [0.29, 0.717) is 6.61 Å². The SMILES string of the molecule is [c]1[nH]c2ccccc2c1OCc1ccccc1. The second-order valence-electron chi connectivity index (χ2n) is 3.90. The Hall–Kier alpha value is -2.22. The van der Waals surface area contributed by atoms with E-state index >= 15 is 0 Å². The molecule has 0 saturated heterocycles. The summed E-state index contributed by atoms with van der Waals surface area (Å²) in [6.07, 6.45) is 3.04. The molecule has 17 heavy (non-hydrogen) atoms. The molecule has 3 rings (SSSR count). The van der Waals surface area contributed by atoms with Crippen LogP contribution in [0.5, 0.6) is 5.75 Å². The Morgan fingerprint density at radius 3 is 2.59 bits per heavy atom. The summed E-state index contributed by atoms with van der Waals surface area (Å²) in [5, 5.41) is 1.07. The predicted octanol–water partition coefficient (Wildman–Crippen LogP) is 3.55. The normalized spacial score (nSPS) is 10.6. The van der Waals surface area contributed by atoms with Crippen LogP contribution in [0.2, 0.25) is 0 Å². The van der Waals surface area contributed by atoms with Crippen molar-refractivity contribution >= 4 is 10.9 Å². The van der Waals surface area contributed by atoms with Gasteiger partial charge in [-0.3, -0.25) is 0 Å². The van der Waals surface area contributed by atoms with Crippen molar-refractivity contribution in [3.63, 3.8) is 0 Å². The van der Waals surface area contributed by atoms with Crippen LogP contribution in [0.25, 0.3) is 10.9 Å². The molecule has 0 aliphatic heterocycles. The van der Waals surface area contributed by atoms with Gasteiger partial charge in [-0.05, 0) is 17.7 Å². The zero-order chi connectivity index (χ0) is 11.5. The topological polar surface area (TPSA) is 25.0 Å². The van der Waals surface area contributed by atoms with E-state index in [1.807, 2.05) is 42.5 Å². The third-order valence-electron chi connectivity index (χ3n) is 2.71. The number of hydrogen-bond donors (Lipinski definition) is 1. The maximum atomic E-state index is 5.76. The summed E-state index contributed by atoms with van der Waals surface area (Å²) in [6.45, 7) is 0.569. The summed E-state index contributed by atoms with van der Waals surface area (Å²) in [5.41, 5.74) is 2.21. The second-order valence-corrected chi connectivity index (χ2v) is 3.90. The molecule has 0 bridgehead atoms. The number of ether oxygens (including phenoxy) is 1. The van der Waals surface area contributed by atoms with Crippen molar-refractivity contribution in [2.24, 2.45) is 0 Å². The highest BCUT2D eigenvalue weighted by atomic mass is 16.5. The Kier molecular flexibility index (Phi) is 2.54. The number of H-pyrrole nitrogens is 1. The Bertz CT molecular complexity index is 613. The van der Waals surface area contributed by atoms with Gasteiger partial charge in [0.05, 0.1) is 0 Å². The molecular weight excluding hydrogens is 210 g/mol. The van der Waals surface area contributed by atoms with Crippen molar-refractivity contribution in [1.29, 1.82) is 0 Å². The van der Waals surface area contributed by atoms with Crippen molar-refractivity contribution < 1.29 is 4.74 Å². The molecule has 83 valence electrons. The second kappa shape index (κ2) is 4.34. The first-order valence-electron chi connectivity index (χ1n) is 5.58. The molecule has 1 N–H and O–H groups in total. The van der Waals surface area contributed by atoms with Crippen LogP contribution in [0.3, 0.4) is 0 Å². The van der Waals surface area contributed by atoms with Crippen molar-refractivity contribution in [2.45, 2.75) is 6.61 Å². The van der Waals surface area contributed by atoms with Crippen LogP contribution in [0.4, 0.5) is 0 Å². The van der Waals surface area contributed by atoms with Gasteiger partial charge in [0, 0.05) is 10.9 Å². The van der Waals surface area contributed by atoms with Gasteiger partial charge in [0.2, 0.25) is 0 Å². The van der Waals surface area contributed by atoms with Crippen LogP contribution in [0.1, 0.15) is 5.56 Å². The molecule has 0 unspecified atom stereocenters. The van der Waals surface area contributed by atoms with Crippen LogP contribution < -0.4 is 4.74 Å². The molecule has 0 amide bonds. The maximum absolute atomic E-state index is 5.76. The average Bonchev–Trinajstić information content (AvgIpc) is 2.81. The molecule has 0 saturated carbocycles. The predicted molar refractivity (Wildman–Crippen MR) is 67.9 cm³/mol. The first kappa shape index (κ1) is 9.97. The third-order valence-corrected chi connectivity index (χ3v) is 2.71. The van der Waals surface area contributed by atoms with E-state index in [1.165, 1.54) is 0 Å². The molecule has 0 fully saturated rings. The van der Waals surface area contributed by atoms with E-state index in [4.69, 9.17) is 4.74 Å². The molecule has 2 heteroatoms. The highest BCUT2D eigenvalue weighted by Gasteiger charge is 2.04. The van der Waals surface area contributed by atoms with Crippen LogP contribution in [0, 0.1) is 6.20 Å². The number of aromatic amines is 1. The first-order valence-corrected chi connectivity index (χ1v) is 5.58. The van der Waals surface area contributed by atoms with Crippen LogP contribution in [0.15, 0.2) is 54.6 Å². The van der Waals surface area contributed by atoms with Crippen LogP contribution in [-0.4, -0.2) is 4.98 Å². The number of nitrogens with one attached hydrogen (secondary N) is 1. The summed E-state index contributed by atoms with van der Waals surface area (Å²) in [6, 6.07) is 18.2. The van der Waals surface area contributed by atoms with Crippen LogP contribution in [-0.2, 0) is 6.61 Å². The van der Waals surface area contributed by atoms with Gasteiger partial charge in [0.15, 0.2) is 5.75 Å². The molecular formula is C15H12NO. The first-order chi connectivity index (χ1) is 8.43. The van der Waals surface area contributed by atoms with Gasteiger partial charge >= 0.3 is 0 Å². The Balaban J connectivity index is 1.82. The molecule has 0 aliphatic carbocycles. The summed E-state index contributed by atoms with van der Waals surface area (Å²) < 4.78 is 5.76. The van der Waals surface area contributed by atoms with Crippen molar-refractivity contribution in [1.82, 2.24) is 4.98 Å². The summed E-state index contributed by atoms with van der Waals surface area (Å²) in [5.74, 6) is 0.782. The standard InChI is InChI=1S/C15H12NO/c1-2-6-12(7-3-1)11-17-15-10-16-14-9-5-4-8-13(14)15/h1-9,16H,11H2. The molecule has 2 nitrogen and oxygen atoms in total. The lowest BCUT2D eigenvalue weighted by Crippen LogP contribution is -1.93. The van der Waals surface area contributed by atoms with Crippen LogP contribution >= 0.6 is 0 Å². The Morgan fingerprint density at radius 2 is 1.71 bits per heavy atom. The fourth-order valence-corrected chi connectivity index (χ4v) is 1.83. The minimum atomic E-state index is 0.569. The fourth-order valence-electron chi connectivity index (χ4n) is 1.83. The molecule has 1 radical (unpaired) electrons. The van der Waals surface area contributed by atoms with E-state index in [0.717, 1.165) is 22.2 Å². The smallest absolute Gasteiger partial charge is 0.154 e. The van der Waals surface area contributed by atoms with Gasteiger partial charge in [-0.15, -0.1) is 0 Å². The molecule has 0 aliphatic rings. The fraction of sp³-hybridized carbons (Fsp3) is 0.0667. The number of benzene rings is 2. The number of para-hydroxylation sites is 1. The lowest BCUT2D eigenvalue weighted by molar-refractivity contribution is 0.309. The number of rotatable bonds is 3. The zero-order valence-electron chi connectivity index (χ0n) is 9.31. The van der Waals surface area contributed by atoms with Crippen molar-refractivity contribution in [2.75, 3.05) is 0 Å². The van der Waals surface area contributed by atoms with E-state index in [2.05, 4.69) is 23.3 Å². The van der Waals surface area contributed by atoms with Gasteiger partial charge in [-0.25, -0.2) is 0 Å². The summed E-state index contributed by atoms with van der Waals surface area (Å²) >= 11 is 0. The Labute approximate surface area is 99.9 Å². The largest absolute Gasteiger partial charge is 0.486 e. The minimum Gasteiger partial charge on any atom is -0.486 e. The quantitative estimate of drug-likeness (QED) is 0.720. The lowest BCUT2D eigenvalue weighted by atomic mass is 10.2. The third kappa shape index (κ3) is 2.02. The number of aromatic nitrogens is 1. The van der Waals surface area contributed by atoms with Gasteiger partial charge in [0.1, 0.15) is 12.8 Å². The van der Waals surface area contributed by atoms with Gasteiger partial charge in [-0.2, -0.15) is 0 Å². The summed E-state index contributed by atoms with van der Waals surface area (Å²) in [4.78, 5) is 3.07. The van der Waals surface area contributed by atoms with Gasteiger partial charge < -0.3 is 9.72 Å². The van der Waals surface area contributed by atoms with Gasteiger partial charge in [-0.1, -0.05) is 42.5 Å². The van der Waals surface area contributed by atoms with Crippen molar-refractivity contribution in [3.8, 4) is 5.75 Å². The molecule has 2 aromatic carbocycles. The molecule has 3 aromatic rings. The monoisotopic (exact) mass is 222 g/mol. The molecule has 0 atom stereocenters. The molecule has 1 heterocycles. The number of hydrogen-bond acceptors (Lipinski definition) is 1. The summed E-state index contributed by atoms with van der Waals surface area (Å²) in [7, 11) is 0.